The third kappa shape index (κ3) is 4.51. The number of carbonyl (C=O) groups excluding carboxylic acids is 1. The minimum atomic E-state index is -3.41. The largest absolute Gasteiger partial charge is 0.376 e. The molecule has 31 heavy (non-hydrogen) atoms. The van der Waals surface area contributed by atoms with E-state index in [9.17, 15) is 13.2 Å². The molecule has 1 amide bonds. The second-order valence-corrected chi connectivity index (χ2v) is 11.2. The maximum absolute atomic E-state index is 13.6. The fraction of sp³-hybridized carbons (Fsp3) is 0.391. The van der Waals surface area contributed by atoms with Crippen LogP contribution in [0.1, 0.15) is 41.3 Å². The molecule has 0 spiro atoms. The van der Waals surface area contributed by atoms with Gasteiger partial charge >= 0.3 is 0 Å². The number of amides is 1. The molecule has 1 aliphatic heterocycles. The molecule has 3 aromatic rings. The molecule has 0 saturated carbocycles. The molecule has 0 aliphatic carbocycles. The zero-order chi connectivity index (χ0) is 22.2. The Bertz CT molecular complexity index is 1190. The van der Waals surface area contributed by atoms with Crippen LogP contribution in [0.4, 0.5) is 5.13 Å². The number of hydrogen-bond donors (Lipinski definition) is 0. The molecule has 1 unspecified atom stereocenters. The maximum Gasteiger partial charge on any atom is 0.260 e. The van der Waals surface area contributed by atoms with Gasteiger partial charge in [-0.3, -0.25) is 9.69 Å². The molecule has 6 nitrogen and oxygen atoms in total. The van der Waals surface area contributed by atoms with Crippen LogP contribution < -0.4 is 4.90 Å². The molecule has 2 aromatic carbocycles. The first-order chi connectivity index (χ1) is 14.8. The highest BCUT2D eigenvalue weighted by Gasteiger charge is 2.28. The summed E-state index contributed by atoms with van der Waals surface area (Å²) in [6.07, 6.45) is 1.80. The van der Waals surface area contributed by atoms with E-state index < -0.39 is 9.84 Å². The summed E-state index contributed by atoms with van der Waals surface area (Å²) in [6, 6.07) is 10.4. The summed E-state index contributed by atoms with van der Waals surface area (Å²) in [5.41, 5.74) is 3.52. The minimum Gasteiger partial charge on any atom is -0.376 e. The molecule has 1 atom stereocenters. The Labute approximate surface area is 186 Å². The number of thiazole rings is 1. The van der Waals surface area contributed by atoms with E-state index >= 15 is 0 Å². The Morgan fingerprint density at radius 1 is 1.23 bits per heavy atom. The van der Waals surface area contributed by atoms with Gasteiger partial charge in [-0.2, -0.15) is 0 Å². The molecule has 0 bridgehead atoms. The Kier molecular flexibility index (Phi) is 6.14. The SMILES string of the molecule is CCS(=O)(=O)c1cccc(C(=O)N(CC2CCCO2)c2nc3cc(C)c(C)cc3s2)c1. The number of hydrogen-bond acceptors (Lipinski definition) is 6. The van der Waals surface area contributed by atoms with Crippen molar-refractivity contribution >= 4 is 42.4 Å². The molecule has 164 valence electrons. The van der Waals surface area contributed by atoms with Crippen LogP contribution in [0.15, 0.2) is 41.3 Å². The Hall–Kier alpha value is -2.29. The third-order valence-corrected chi connectivity index (χ3v) is 8.47. The van der Waals surface area contributed by atoms with Crippen molar-refractivity contribution in [1.82, 2.24) is 4.98 Å². The van der Waals surface area contributed by atoms with Gasteiger partial charge in [0.15, 0.2) is 15.0 Å². The molecule has 0 N–H and O–H groups in total. The number of sulfone groups is 1. The van der Waals surface area contributed by atoms with Crippen LogP contribution in [0.3, 0.4) is 0 Å². The lowest BCUT2D eigenvalue weighted by atomic mass is 10.1. The van der Waals surface area contributed by atoms with Gasteiger partial charge in [-0.1, -0.05) is 24.3 Å². The monoisotopic (exact) mass is 458 g/mol. The Morgan fingerprint density at radius 2 is 2.00 bits per heavy atom. The van der Waals surface area contributed by atoms with Crippen molar-refractivity contribution in [3.63, 3.8) is 0 Å². The van der Waals surface area contributed by atoms with E-state index in [0.29, 0.717) is 23.8 Å². The highest BCUT2D eigenvalue weighted by atomic mass is 32.2. The van der Waals surface area contributed by atoms with Gasteiger partial charge in [-0.15, -0.1) is 0 Å². The lowest BCUT2D eigenvalue weighted by Gasteiger charge is -2.23. The number of fused-ring (bicyclic) bond motifs is 1. The molecular formula is C23H26N2O4S2. The second-order valence-electron chi connectivity index (χ2n) is 7.88. The zero-order valence-corrected chi connectivity index (χ0v) is 19.6. The van der Waals surface area contributed by atoms with Crippen molar-refractivity contribution < 1.29 is 17.9 Å². The quantitative estimate of drug-likeness (QED) is 0.542. The van der Waals surface area contributed by atoms with E-state index in [-0.39, 0.29) is 22.7 Å². The fourth-order valence-corrected chi connectivity index (χ4v) is 5.65. The number of rotatable bonds is 6. The van der Waals surface area contributed by atoms with Gasteiger partial charge in [-0.25, -0.2) is 13.4 Å². The summed E-state index contributed by atoms with van der Waals surface area (Å²) in [5, 5.41) is 0.601. The molecule has 1 aromatic heterocycles. The summed E-state index contributed by atoms with van der Waals surface area (Å²) < 4.78 is 31.4. The topological polar surface area (TPSA) is 76.6 Å². The van der Waals surface area contributed by atoms with E-state index in [2.05, 4.69) is 13.0 Å². The lowest BCUT2D eigenvalue weighted by Crippen LogP contribution is -2.37. The number of aryl methyl sites for hydroxylation is 2. The van der Waals surface area contributed by atoms with Crippen LogP contribution in [0.25, 0.3) is 10.2 Å². The van der Waals surface area contributed by atoms with E-state index in [0.717, 1.165) is 28.6 Å². The second kappa shape index (κ2) is 8.68. The van der Waals surface area contributed by atoms with E-state index in [1.54, 1.807) is 24.0 Å². The Balaban J connectivity index is 1.75. The van der Waals surface area contributed by atoms with Gasteiger partial charge in [0.25, 0.3) is 5.91 Å². The number of carbonyl (C=O) groups is 1. The minimum absolute atomic E-state index is 0.0131. The van der Waals surface area contributed by atoms with Gasteiger partial charge in [0.1, 0.15) is 0 Å². The highest BCUT2D eigenvalue weighted by molar-refractivity contribution is 7.91. The first kappa shape index (κ1) is 21.9. The van der Waals surface area contributed by atoms with Crippen LogP contribution in [0.5, 0.6) is 0 Å². The predicted octanol–water partition coefficient (Wildman–Crippen LogP) is 4.53. The van der Waals surface area contributed by atoms with E-state index in [1.165, 1.54) is 29.0 Å². The number of nitrogens with zero attached hydrogens (tertiary/aromatic N) is 2. The highest BCUT2D eigenvalue weighted by Crippen LogP contribution is 2.32. The first-order valence-electron chi connectivity index (χ1n) is 10.4. The number of ether oxygens (including phenoxy) is 1. The van der Waals surface area contributed by atoms with Gasteiger partial charge in [-0.05, 0) is 68.1 Å². The summed E-state index contributed by atoms with van der Waals surface area (Å²) in [7, 11) is -3.41. The van der Waals surface area contributed by atoms with E-state index in [1.807, 2.05) is 13.0 Å². The molecule has 2 heterocycles. The average molecular weight is 459 g/mol. The number of anilines is 1. The molecule has 0 radical (unpaired) electrons. The van der Waals surface area contributed by atoms with Crippen molar-refractivity contribution in [3.8, 4) is 0 Å². The van der Waals surface area contributed by atoms with Crippen LogP contribution in [-0.4, -0.2) is 44.3 Å². The van der Waals surface area contributed by atoms with Crippen LogP contribution >= 0.6 is 11.3 Å². The molecular weight excluding hydrogens is 432 g/mol. The van der Waals surface area contributed by atoms with Crippen molar-refractivity contribution in [2.24, 2.45) is 0 Å². The van der Waals surface area contributed by atoms with Crippen molar-refractivity contribution in [2.45, 2.75) is 44.6 Å². The lowest BCUT2D eigenvalue weighted by molar-refractivity contribution is 0.0917. The van der Waals surface area contributed by atoms with Crippen LogP contribution in [0.2, 0.25) is 0 Å². The molecule has 1 saturated heterocycles. The Morgan fingerprint density at radius 3 is 2.71 bits per heavy atom. The molecule has 4 rings (SSSR count). The number of benzene rings is 2. The molecule has 1 aliphatic rings. The smallest absolute Gasteiger partial charge is 0.260 e. The van der Waals surface area contributed by atoms with E-state index in [4.69, 9.17) is 9.72 Å². The van der Waals surface area contributed by atoms with Crippen LogP contribution in [0, 0.1) is 13.8 Å². The molecule has 8 heteroatoms. The summed E-state index contributed by atoms with van der Waals surface area (Å²) >= 11 is 1.47. The zero-order valence-electron chi connectivity index (χ0n) is 17.9. The summed E-state index contributed by atoms with van der Waals surface area (Å²) in [6.45, 7) is 6.78. The first-order valence-corrected chi connectivity index (χ1v) is 12.9. The maximum atomic E-state index is 13.6. The van der Waals surface area contributed by atoms with Crippen molar-refractivity contribution in [3.05, 3.63) is 53.1 Å². The van der Waals surface area contributed by atoms with Gasteiger partial charge in [0, 0.05) is 12.2 Å². The van der Waals surface area contributed by atoms with Crippen LogP contribution in [-0.2, 0) is 14.6 Å². The summed E-state index contributed by atoms with van der Waals surface area (Å²) in [5.74, 6) is -0.281. The number of aromatic nitrogens is 1. The van der Waals surface area contributed by atoms with Gasteiger partial charge < -0.3 is 4.74 Å². The normalized spacial score (nSPS) is 16.7. The van der Waals surface area contributed by atoms with Crippen molar-refractivity contribution in [1.29, 1.82) is 0 Å². The third-order valence-electron chi connectivity index (χ3n) is 5.70. The van der Waals surface area contributed by atoms with Crippen molar-refractivity contribution in [2.75, 3.05) is 23.8 Å². The average Bonchev–Trinajstić information content (AvgIpc) is 3.41. The van der Waals surface area contributed by atoms with Gasteiger partial charge in [0.05, 0.1) is 33.5 Å². The van der Waals surface area contributed by atoms with Gasteiger partial charge in [0.2, 0.25) is 0 Å². The summed E-state index contributed by atoms with van der Waals surface area (Å²) in [4.78, 5) is 20.1. The standard InChI is InChI=1S/C23H26N2O4S2/c1-4-31(27,28)19-9-5-7-17(13-19)22(26)25(14-18-8-6-10-29-18)23-24-20-11-15(2)16(3)12-21(20)30-23/h5,7,9,11-13,18H,4,6,8,10,14H2,1-3H3. The predicted molar refractivity (Wildman–Crippen MR) is 124 cm³/mol. The molecule has 1 fully saturated rings. The fourth-order valence-electron chi connectivity index (χ4n) is 3.67.